The fraction of sp³-hybridized carbons (Fsp3) is 0.583. The Kier molecular flexibility index (Phi) is 6.64. The molecule has 1 atom stereocenters. The van der Waals surface area contributed by atoms with Gasteiger partial charge < -0.3 is 4.74 Å². The number of imidazole rings is 1. The van der Waals surface area contributed by atoms with E-state index in [4.69, 9.17) is 4.74 Å². The zero-order valence-electron chi connectivity index (χ0n) is 20.3. The van der Waals surface area contributed by atoms with Crippen LogP contribution in [0.5, 0.6) is 0 Å². The van der Waals surface area contributed by atoms with Gasteiger partial charge in [0.15, 0.2) is 0 Å². The first kappa shape index (κ1) is 24.2. The minimum Gasteiger partial charge on any atom is -0.459 e. The van der Waals surface area contributed by atoms with Crippen molar-refractivity contribution in [2.24, 2.45) is 7.05 Å². The first-order valence-electron chi connectivity index (χ1n) is 11.7. The van der Waals surface area contributed by atoms with Crippen molar-refractivity contribution in [2.45, 2.75) is 51.8 Å². The number of imide groups is 1. The van der Waals surface area contributed by atoms with E-state index in [0.717, 1.165) is 43.8 Å². The molecule has 10 nitrogen and oxygen atoms in total. The predicted molar refractivity (Wildman–Crippen MR) is 126 cm³/mol. The summed E-state index contributed by atoms with van der Waals surface area (Å²) in [5.74, 6) is -0.935. The minimum atomic E-state index is -0.683. The number of nitrogens with one attached hydrogen (secondary N) is 1. The van der Waals surface area contributed by atoms with Crippen LogP contribution in [0.1, 0.15) is 45.2 Å². The molecule has 0 bridgehead atoms. The summed E-state index contributed by atoms with van der Waals surface area (Å²) in [6, 6.07) is 5.18. The Balaban J connectivity index is 1.42. The predicted octanol–water partition coefficient (Wildman–Crippen LogP) is 0.777. The van der Waals surface area contributed by atoms with E-state index in [2.05, 4.69) is 15.1 Å². The normalized spacial score (nSPS) is 20.5. The third kappa shape index (κ3) is 5.23. The SMILES string of the molecule is Cn1c(=O)n(C2CCC(=O)NC2=O)c2ccc(CN3CCN(CC(=O)OC(C)(C)C)CC3)cc21. The van der Waals surface area contributed by atoms with Gasteiger partial charge in [-0.15, -0.1) is 0 Å². The molecule has 3 heterocycles. The van der Waals surface area contributed by atoms with Crippen molar-refractivity contribution >= 4 is 28.8 Å². The number of benzene rings is 1. The largest absolute Gasteiger partial charge is 0.459 e. The second kappa shape index (κ2) is 9.34. The average molecular weight is 472 g/mol. The van der Waals surface area contributed by atoms with Crippen LogP contribution in [0, 0.1) is 0 Å². The summed E-state index contributed by atoms with van der Waals surface area (Å²) >= 11 is 0. The number of aryl methyl sites for hydroxylation is 1. The molecule has 2 amide bonds. The van der Waals surface area contributed by atoms with Crippen LogP contribution in [0.2, 0.25) is 0 Å². The van der Waals surface area contributed by atoms with Gasteiger partial charge in [0.25, 0.3) is 0 Å². The molecule has 1 aromatic carbocycles. The summed E-state index contributed by atoms with van der Waals surface area (Å²) in [7, 11) is 1.70. The number of hydrogen-bond acceptors (Lipinski definition) is 7. The number of rotatable bonds is 5. The van der Waals surface area contributed by atoms with E-state index >= 15 is 0 Å². The number of hydrogen-bond donors (Lipinski definition) is 1. The number of ether oxygens (including phenoxy) is 1. The molecule has 0 saturated carbocycles. The van der Waals surface area contributed by atoms with E-state index in [0.29, 0.717) is 18.5 Å². The van der Waals surface area contributed by atoms with E-state index in [9.17, 15) is 19.2 Å². The Bertz CT molecular complexity index is 1170. The second-order valence-corrected chi connectivity index (χ2v) is 10.1. The molecule has 1 unspecified atom stereocenters. The Labute approximate surface area is 198 Å². The molecule has 2 aromatic rings. The molecular weight excluding hydrogens is 438 g/mol. The highest BCUT2D eigenvalue weighted by atomic mass is 16.6. The van der Waals surface area contributed by atoms with E-state index in [-0.39, 0.29) is 24.0 Å². The van der Waals surface area contributed by atoms with Gasteiger partial charge in [0, 0.05) is 46.2 Å². The quantitative estimate of drug-likeness (QED) is 0.507. The maximum absolute atomic E-state index is 12.9. The molecule has 184 valence electrons. The highest BCUT2D eigenvalue weighted by molar-refractivity contribution is 6.00. The molecule has 0 aliphatic carbocycles. The Morgan fingerprint density at radius 2 is 1.74 bits per heavy atom. The van der Waals surface area contributed by atoms with Crippen LogP contribution in [0.15, 0.2) is 23.0 Å². The Morgan fingerprint density at radius 3 is 2.38 bits per heavy atom. The number of amides is 2. The Hall–Kier alpha value is -2.98. The monoisotopic (exact) mass is 471 g/mol. The van der Waals surface area contributed by atoms with Gasteiger partial charge in [-0.25, -0.2) is 4.79 Å². The van der Waals surface area contributed by atoms with Crippen LogP contribution in [0.3, 0.4) is 0 Å². The topological polar surface area (TPSA) is 106 Å². The third-order valence-corrected chi connectivity index (χ3v) is 6.32. The number of esters is 1. The second-order valence-electron chi connectivity index (χ2n) is 10.1. The molecule has 34 heavy (non-hydrogen) atoms. The molecule has 0 radical (unpaired) electrons. The van der Waals surface area contributed by atoms with E-state index in [1.165, 1.54) is 4.57 Å². The van der Waals surface area contributed by atoms with Gasteiger partial charge in [0.1, 0.15) is 11.6 Å². The van der Waals surface area contributed by atoms with Crippen LogP contribution < -0.4 is 11.0 Å². The lowest BCUT2D eigenvalue weighted by molar-refractivity contribution is -0.156. The van der Waals surface area contributed by atoms with Gasteiger partial charge in [0.2, 0.25) is 11.8 Å². The number of aromatic nitrogens is 2. The molecule has 10 heteroatoms. The average Bonchev–Trinajstić information content (AvgIpc) is 2.98. The molecule has 2 aliphatic rings. The van der Waals surface area contributed by atoms with E-state index < -0.39 is 17.6 Å². The van der Waals surface area contributed by atoms with Crippen LogP contribution in [-0.4, -0.2) is 75.0 Å². The lowest BCUT2D eigenvalue weighted by Crippen LogP contribution is -2.48. The molecular formula is C24H33N5O5. The Morgan fingerprint density at radius 1 is 1.06 bits per heavy atom. The van der Waals surface area contributed by atoms with Gasteiger partial charge in [-0.2, -0.15) is 0 Å². The number of carbonyl (C=O) groups excluding carboxylic acids is 3. The van der Waals surface area contributed by atoms with Crippen molar-refractivity contribution in [2.75, 3.05) is 32.7 Å². The molecule has 2 aliphatic heterocycles. The number of piperazine rings is 1. The van der Waals surface area contributed by atoms with Gasteiger partial charge in [-0.3, -0.25) is 38.6 Å². The summed E-state index contributed by atoms with van der Waals surface area (Å²) in [6.07, 6.45) is 0.538. The summed E-state index contributed by atoms with van der Waals surface area (Å²) in [5.41, 5.74) is 1.78. The van der Waals surface area contributed by atoms with E-state index in [1.807, 2.05) is 39.0 Å². The molecule has 1 N–H and O–H groups in total. The lowest BCUT2D eigenvalue weighted by atomic mass is 10.1. The minimum absolute atomic E-state index is 0.201. The third-order valence-electron chi connectivity index (χ3n) is 6.32. The van der Waals surface area contributed by atoms with Gasteiger partial charge in [0.05, 0.1) is 17.6 Å². The maximum atomic E-state index is 12.9. The summed E-state index contributed by atoms with van der Waals surface area (Å²) in [4.78, 5) is 53.3. The fourth-order valence-electron chi connectivity index (χ4n) is 4.66. The molecule has 2 fully saturated rings. The van der Waals surface area contributed by atoms with Crippen molar-refractivity contribution < 1.29 is 19.1 Å². The summed E-state index contributed by atoms with van der Waals surface area (Å²) in [6.45, 7) is 9.87. The zero-order valence-corrected chi connectivity index (χ0v) is 20.3. The highest BCUT2D eigenvalue weighted by Crippen LogP contribution is 2.24. The molecule has 1 aromatic heterocycles. The van der Waals surface area contributed by atoms with E-state index in [1.54, 1.807) is 11.6 Å². The fourth-order valence-corrected chi connectivity index (χ4v) is 4.66. The molecule has 4 rings (SSSR count). The maximum Gasteiger partial charge on any atom is 0.329 e. The van der Waals surface area contributed by atoms with Gasteiger partial charge in [-0.05, 0) is 44.9 Å². The molecule has 0 spiro atoms. The van der Waals surface area contributed by atoms with Crippen LogP contribution >= 0.6 is 0 Å². The van der Waals surface area contributed by atoms with Crippen molar-refractivity contribution in [3.05, 3.63) is 34.2 Å². The standard InChI is InChI=1S/C24H33N5O5/c1-24(2,3)34-21(31)15-28-11-9-27(10-12-28)14-16-5-6-17-19(13-16)26(4)23(33)29(17)18-7-8-20(30)25-22(18)32/h5-6,13,18H,7-12,14-15H2,1-4H3,(H,25,30,32). The van der Waals surface area contributed by atoms with Crippen LogP contribution in [0.25, 0.3) is 11.0 Å². The van der Waals surface area contributed by atoms with Gasteiger partial charge in [-0.1, -0.05) is 6.07 Å². The summed E-state index contributed by atoms with van der Waals surface area (Å²) in [5, 5.41) is 2.33. The summed E-state index contributed by atoms with van der Waals surface area (Å²) < 4.78 is 8.47. The van der Waals surface area contributed by atoms with Crippen LogP contribution in [-0.2, 0) is 32.7 Å². The zero-order chi connectivity index (χ0) is 24.6. The van der Waals surface area contributed by atoms with Crippen LogP contribution in [0.4, 0.5) is 0 Å². The van der Waals surface area contributed by atoms with Crippen molar-refractivity contribution in [1.29, 1.82) is 0 Å². The highest BCUT2D eigenvalue weighted by Gasteiger charge is 2.31. The number of carbonyl (C=O) groups is 3. The van der Waals surface area contributed by atoms with Gasteiger partial charge >= 0.3 is 11.7 Å². The number of piperidine rings is 1. The molecule has 2 saturated heterocycles. The smallest absolute Gasteiger partial charge is 0.329 e. The lowest BCUT2D eigenvalue weighted by Gasteiger charge is -2.34. The first-order valence-corrected chi connectivity index (χ1v) is 11.7. The van der Waals surface area contributed by atoms with Crippen molar-refractivity contribution in [3.63, 3.8) is 0 Å². The number of nitrogens with zero attached hydrogens (tertiary/aromatic N) is 4. The van der Waals surface area contributed by atoms with Crippen molar-refractivity contribution in [1.82, 2.24) is 24.3 Å². The van der Waals surface area contributed by atoms with Crippen molar-refractivity contribution in [3.8, 4) is 0 Å². The first-order chi connectivity index (χ1) is 16.0. The number of fused-ring (bicyclic) bond motifs is 1.